The van der Waals surface area contributed by atoms with Gasteiger partial charge < -0.3 is 9.15 Å². The molecule has 1 heterocycles. The molecule has 0 spiro atoms. The third-order valence-corrected chi connectivity index (χ3v) is 6.20. The molecule has 0 saturated carbocycles. The summed E-state index contributed by atoms with van der Waals surface area (Å²) >= 11 is 10.4. The molecule has 0 atom stereocenters. The average molecular weight is 657 g/mol. The predicted molar refractivity (Wildman–Crippen MR) is 139 cm³/mol. The summed E-state index contributed by atoms with van der Waals surface area (Å²) in [5.74, 6) is 0.618. The number of carbonyl (C=O) groups excluding carboxylic acids is 1. The highest BCUT2D eigenvalue weighted by atomic mass is 127. The first-order valence-electron chi connectivity index (χ1n) is 9.18. The van der Waals surface area contributed by atoms with Gasteiger partial charge in [-0.05, 0) is 92.7 Å². The summed E-state index contributed by atoms with van der Waals surface area (Å²) in [5, 5.41) is 5.63. The van der Waals surface area contributed by atoms with Gasteiger partial charge >= 0.3 is 5.91 Å². The van der Waals surface area contributed by atoms with E-state index in [9.17, 15) is 4.79 Å². The topological polar surface area (TPSA) is 63.8 Å². The Bertz CT molecular complexity index is 1210. The van der Waals surface area contributed by atoms with Crippen molar-refractivity contribution in [2.45, 2.75) is 6.61 Å². The molecule has 156 valence electrons. The van der Waals surface area contributed by atoms with E-state index >= 15 is 0 Å². The minimum absolute atomic E-state index is 0.216. The van der Waals surface area contributed by atoms with Gasteiger partial charge in [0.25, 0.3) is 0 Å². The number of halogens is 3. The quantitative estimate of drug-likeness (QED) is 0.144. The lowest BCUT2D eigenvalue weighted by molar-refractivity contribution is 0.0929. The van der Waals surface area contributed by atoms with Gasteiger partial charge in [-0.2, -0.15) is 5.10 Å². The number of hydrazone groups is 1. The number of para-hydroxylation sites is 1. The van der Waals surface area contributed by atoms with Crippen LogP contribution < -0.4 is 10.2 Å². The molecule has 1 N–H and O–H groups in total. The third-order valence-electron chi connectivity index (χ3n) is 4.35. The molecule has 0 aliphatic carbocycles. The van der Waals surface area contributed by atoms with Gasteiger partial charge in [0.15, 0.2) is 5.76 Å². The van der Waals surface area contributed by atoms with Crippen LogP contribution in [0.15, 0.2) is 76.2 Å². The molecule has 0 aliphatic rings. The van der Waals surface area contributed by atoms with E-state index in [4.69, 9.17) is 20.8 Å². The maximum Gasteiger partial charge on any atom is 0.307 e. The van der Waals surface area contributed by atoms with E-state index in [1.54, 1.807) is 12.3 Å². The van der Waals surface area contributed by atoms with Crippen LogP contribution in [0.5, 0.6) is 5.75 Å². The Morgan fingerprint density at radius 2 is 1.77 bits per heavy atom. The highest BCUT2D eigenvalue weighted by Crippen LogP contribution is 2.29. The molecule has 4 aromatic rings. The fourth-order valence-electron chi connectivity index (χ4n) is 2.84. The van der Waals surface area contributed by atoms with Crippen LogP contribution in [-0.4, -0.2) is 12.1 Å². The SMILES string of the molecule is O=C(N/N=C/c1cc(I)c(OCc2ccc(Cl)cc2)c(I)c1)c1cc2ccccc2o1. The largest absolute Gasteiger partial charge is 0.487 e. The third kappa shape index (κ3) is 5.58. The zero-order chi connectivity index (χ0) is 21.8. The number of furan rings is 1. The van der Waals surface area contributed by atoms with Crippen LogP contribution in [0, 0.1) is 7.14 Å². The van der Waals surface area contributed by atoms with E-state index in [2.05, 4.69) is 55.7 Å². The number of amides is 1. The number of hydrogen-bond donors (Lipinski definition) is 1. The summed E-state index contributed by atoms with van der Waals surface area (Å²) in [7, 11) is 0. The predicted octanol–water partition coefficient (Wildman–Crippen LogP) is 6.64. The van der Waals surface area contributed by atoms with Crippen LogP contribution in [0.4, 0.5) is 0 Å². The molecule has 8 heteroatoms. The minimum Gasteiger partial charge on any atom is -0.487 e. The standard InChI is InChI=1S/C23H15ClI2N2O3/c24-17-7-5-14(6-8-17)13-30-22-18(25)9-15(10-19(22)26)12-27-28-23(29)21-11-16-3-1-2-4-20(16)31-21/h1-12H,13H2,(H,28,29)/b27-12+. The van der Waals surface area contributed by atoms with E-state index < -0.39 is 5.91 Å². The highest BCUT2D eigenvalue weighted by Gasteiger charge is 2.12. The molecule has 3 aromatic carbocycles. The zero-order valence-electron chi connectivity index (χ0n) is 15.9. The van der Waals surface area contributed by atoms with Crippen LogP contribution in [0.25, 0.3) is 11.0 Å². The van der Waals surface area contributed by atoms with Crippen molar-refractivity contribution >= 4 is 79.9 Å². The lowest BCUT2D eigenvalue weighted by Crippen LogP contribution is -2.16. The number of fused-ring (bicyclic) bond motifs is 1. The van der Waals surface area contributed by atoms with E-state index in [0.717, 1.165) is 29.4 Å². The Morgan fingerprint density at radius 1 is 1.06 bits per heavy atom. The number of nitrogens with zero attached hydrogens (tertiary/aromatic N) is 1. The van der Waals surface area contributed by atoms with Crippen LogP contribution in [-0.2, 0) is 6.61 Å². The first-order valence-corrected chi connectivity index (χ1v) is 11.7. The Hall–Kier alpha value is -2.11. The van der Waals surface area contributed by atoms with Crippen LogP contribution in [0.3, 0.4) is 0 Å². The van der Waals surface area contributed by atoms with Gasteiger partial charge in [-0.1, -0.05) is 41.9 Å². The summed E-state index contributed by atoms with van der Waals surface area (Å²) in [6, 6.07) is 20.6. The Kier molecular flexibility index (Phi) is 7.13. The average Bonchev–Trinajstić information content (AvgIpc) is 3.19. The summed E-state index contributed by atoms with van der Waals surface area (Å²) in [5.41, 5.74) is 5.05. The van der Waals surface area contributed by atoms with Crippen molar-refractivity contribution in [3.8, 4) is 5.75 Å². The van der Waals surface area contributed by atoms with Crippen LogP contribution in [0.2, 0.25) is 5.02 Å². The second-order valence-electron chi connectivity index (χ2n) is 6.58. The lowest BCUT2D eigenvalue weighted by Gasteiger charge is -2.11. The molecular weight excluding hydrogens is 642 g/mol. The highest BCUT2D eigenvalue weighted by molar-refractivity contribution is 14.1. The van der Waals surface area contributed by atoms with Crippen LogP contribution in [0.1, 0.15) is 21.7 Å². The van der Waals surface area contributed by atoms with E-state index in [1.807, 2.05) is 60.7 Å². The van der Waals surface area contributed by atoms with Gasteiger partial charge in [-0.3, -0.25) is 4.79 Å². The van der Waals surface area contributed by atoms with Gasteiger partial charge in [0, 0.05) is 10.4 Å². The summed E-state index contributed by atoms with van der Waals surface area (Å²) < 4.78 is 13.4. The molecule has 5 nitrogen and oxygen atoms in total. The smallest absolute Gasteiger partial charge is 0.307 e. The van der Waals surface area contributed by atoms with Gasteiger partial charge in [0.05, 0.1) is 13.4 Å². The van der Waals surface area contributed by atoms with E-state index in [1.165, 1.54) is 0 Å². The maximum atomic E-state index is 12.3. The minimum atomic E-state index is -0.403. The van der Waals surface area contributed by atoms with E-state index in [-0.39, 0.29) is 5.76 Å². The van der Waals surface area contributed by atoms with Crippen molar-refractivity contribution in [3.63, 3.8) is 0 Å². The molecule has 0 unspecified atom stereocenters. The first kappa shape index (κ1) is 22.1. The molecule has 31 heavy (non-hydrogen) atoms. The Labute approximate surface area is 211 Å². The molecule has 0 bridgehead atoms. The zero-order valence-corrected chi connectivity index (χ0v) is 21.0. The molecular formula is C23H15ClI2N2O3. The van der Waals surface area contributed by atoms with Crippen molar-refractivity contribution in [1.82, 2.24) is 5.43 Å². The van der Waals surface area contributed by atoms with Crippen molar-refractivity contribution in [3.05, 3.63) is 95.8 Å². The fraction of sp³-hybridized carbons (Fsp3) is 0.0435. The fourth-order valence-corrected chi connectivity index (χ4v) is 5.10. The van der Waals surface area contributed by atoms with Crippen molar-refractivity contribution in [1.29, 1.82) is 0 Å². The number of carbonyl (C=O) groups is 1. The molecule has 0 radical (unpaired) electrons. The number of ether oxygens (including phenoxy) is 1. The summed E-state index contributed by atoms with van der Waals surface area (Å²) in [6.07, 6.45) is 1.59. The van der Waals surface area contributed by atoms with Crippen LogP contribution >= 0.6 is 56.8 Å². The summed E-state index contributed by atoms with van der Waals surface area (Å²) in [6.45, 7) is 0.449. The summed E-state index contributed by atoms with van der Waals surface area (Å²) in [4.78, 5) is 12.3. The van der Waals surface area contributed by atoms with Gasteiger partial charge in [-0.15, -0.1) is 0 Å². The number of benzene rings is 3. The van der Waals surface area contributed by atoms with Crippen molar-refractivity contribution in [2.75, 3.05) is 0 Å². The molecule has 1 aromatic heterocycles. The molecule has 0 aliphatic heterocycles. The van der Waals surface area contributed by atoms with Crippen molar-refractivity contribution < 1.29 is 13.9 Å². The maximum absolute atomic E-state index is 12.3. The molecule has 0 fully saturated rings. The normalized spacial score (nSPS) is 11.2. The molecule has 0 saturated heterocycles. The number of rotatable bonds is 6. The number of nitrogens with one attached hydrogen (secondary N) is 1. The number of hydrogen-bond acceptors (Lipinski definition) is 4. The second kappa shape index (κ2) is 10.0. The Morgan fingerprint density at radius 3 is 2.48 bits per heavy atom. The molecule has 4 rings (SSSR count). The van der Waals surface area contributed by atoms with Gasteiger partial charge in [0.2, 0.25) is 0 Å². The molecule has 1 amide bonds. The Balaban J connectivity index is 1.40. The van der Waals surface area contributed by atoms with E-state index in [0.29, 0.717) is 17.2 Å². The van der Waals surface area contributed by atoms with Gasteiger partial charge in [0.1, 0.15) is 17.9 Å². The van der Waals surface area contributed by atoms with Gasteiger partial charge in [-0.25, -0.2) is 5.43 Å². The second-order valence-corrected chi connectivity index (χ2v) is 9.34. The van der Waals surface area contributed by atoms with Crippen molar-refractivity contribution in [2.24, 2.45) is 5.10 Å². The first-order chi connectivity index (χ1) is 15.0. The lowest BCUT2D eigenvalue weighted by atomic mass is 10.2. The monoisotopic (exact) mass is 656 g/mol.